The Morgan fingerprint density at radius 3 is 2.30 bits per heavy atom. The van der Waals surface area contributed by atoms with Crippen molar-refractivity contribution < 1.29 is 22.4 Å². The van der Waals surface area contributed by atoms with E-state index in [-0.39, 0.29) is 35.6 Å². The maximum absolute atomic E-state index is 14.4. The molecule has 10 heteroatoms. The summed E-state index contributed by atoms with van der Waals surface area (Å²) in [5.41, 5.74) is 0.389. The standard InChI is InChI=1S/C23H29FN4O4S/c1-3-28(4-2)33(31,32)19-10-11-21(24)20(16-19)22(29)25-18-12-14-27(15-13-18)23(30)26-17-8-6-5-7-9-17/h5-11,16,18H,3-4,12-15H2,1-2H3,(H,25,29)(H,26,30). The van der Waals surface area contributed by atoms with Gasteiger partial charge in [0, 0.05) is 37.9 Å². The molecule has 0 bridgehead atoms. The van der Waals surface area contributed by atoms with Crippen LogP contribution < -0.4 is 10.6 Å². The van der Waals surface area contributed by atoms with Crippen LogP contribution >= 0.6 is 0 Å². The lowest BCUT2D eigenvalue weighted by Crippen LogP contribution is -2.47. The van der Waals surface area contributed by atoms with Gasteiger partial charge in [0.2, 0.25) is 10.0 Å². The van der Waals surface area contributed by atoms with Crippen molar-refractivity contribution in [1.82, 2.24) is 14.5 Å². The van der Waals surface area contributed by atoms with Crippen molar-refractivity contribution in [2.24, 2.45) is 0 Å². The first kappa shape index (κ1) is 24.7. The van der Waals surface area contributed by atoms with Crippen molar-refractivity contribution in [3.05, 3.63) is 59.9 Å². The van der Waals surface area contributed by atoms with E-state index < -0.39 is 21.7 Å². The summed E-state index contributed by atoms with van der Waals surface area (Å²) in [4.78, 5) is 26.7. The smallest absolute Gasteiger partial charge is 0.321 e. The molecule has 0 unspecified atom stereocenters. The van der Waals surface area contributed by atoms with Crippen molar-refractivity contribution in [2.75, 3.05) is 31.5 Å². The Balaban J connectivity index is 1.61. The van der Waals surface area contributed by atoms with E-state index >= 15 is 0 Å². The average Bonchev–Trinajstić information content (AvgIpc) is 2.81. The van der Waals surface area contributed by atoms with Crippen molar-refractivity contribution in [2.45, 2.75) is 37.6 Å². The number of benzene rings is 2. The zero-order valence-electron chi connectivity index (χ0n) is 18.8. The molecule has 178 valence electrons. The van der Waals surface area contributed by atoms with Gasteiger partial charge in [0.25, 0.3) is 5.91 Å². The van der Waals surface area contributed by atoms with Crippen LogP contribution in [-0.2, 0) is 10.0 Å². The number of amides is 3. The highest BCUT2D eigenvalue weighted by Crippen LogP contribution is 2.20. The molecule has 8 nitrogen and oxygen atoms in total. The molecule has 0 saturated carbocycles. The third kappa shape index (κ3) is 5.88. The van der Waals surface area contributed by atoms with Crippen LogP contribution in [0.2, 0.25) is 0 Å². The molecule has 0 radical (unpaired) electrons. The molecule has 0 atom stereocenters. The number of halogens is 1. The number of carbonyl (C=O) groups excluding carboxylic acids is 2. The van der Waals surface area contributed by atoms with Gasteiger partial charge in [0.15, 0.2) is 0 Å². The molecule has 1 saturated heterocycles. The zero-order valence-corrected chi connectivity index (χ0v) is 19.6. The second kappa shape index (κ2) is 10.8. The largest absolute Gasteiger partial charge is 0.349 e. The lowest BCUT2D eigenvalue weighted by molar-refractivity contribution is 0.0915. The topological polar surface area (TPSA) is 98.8 Å². The van der Waals surface area contributed by atoms with Gasteiger partial charge in [-0.1, -0.05) is 32.0 Å². The lowest BCUT2D eigenvalue weighted by Gasteiger charge is -2.32. The maximum Gasteiger partial charge on any atom is 0.321 e. The summed E-state index contributed by atoms with van der Waals surface area (Å²) >= 11 is 0. The first-order valence-electron chi connectivity index (χ1n) is 11.0. The molecular weight excluding hydrogens is 447 g/mol. The van der Waals surface area contributed by atoms with E-state index in [1.165, 1.54) is 10.4 Å². The summed E-state index contributed by atoms with van der Waals surface area (Å²) in [7, 11) is -3.81. The molecular formula is C23H29FN4O4S. The predicted octanol–water partition coefficient (Wildman–Crippen LogP) is 3.28. The molecule has 1 fully saturated rings. The maximum atomic E-state index is 14.4. The molecule has 0 spiro atoms. The van der Waals surface area contributed by atoms with E-state index in [0.29, 0.717) is 31.6 Å². The summed E-state index contributed by atoms with van der Waals surface area (Å²) in [6.45, 7) is 4.84. The van der Waals surface area contributed by atoms with Gasteiger partial charge in [0.1, 0.15) is 5.82 Å². The predicted molar refractivity (Wildman–Crippen MR) is 124 cm³/mol. The molecule has 1 aliphatic heterocycles. The monoisotopic (exact) mass is 476 g/mol. The van der Waals surface area contributed by atoms with Crippen LogP contribution in [0.3, 0.4) is 0 Å². The van der Waals surface area contributed by atoms with Crippen LogP contribution in [0.25, 0.3) is 0 Å². The molecule has 33 heavy (non-hydrogen) atoms. The third-order valence-electron chi connectivity index (χ3n) is 5.67. The first-order valence-corrected chi connectivity index (χ1v) is 12.4. The van der Waals surface area contributed by atoms with Crippen molar-refractivity contribution >= 4 is 27.6 Å². The second-order valence-corrected chi connectivity index (χ2v) is 9.70. The average molecular weight is 477 g/mol. The van der Waals surface area contributed by atoms with E-state index in [0.717, 1.165) is 12.1 Å². The number of piperidine rings is 1. The van der Waals surface area contributed by atoms with Gasteiger partial charge >= 0.3 is 6.03 Å². The molecule has 1 aliphatic rings. The number of hydrogen-bond donors (Lipinski definition) is 2. The Kier molecular flexibility index (Phi) is 8.04. The Hall–Kier alpha value is -2.98. The van der Waals surface area contributed by atoms with Crippen LogP contribution in [-0.4, -0.2) is 61.8 Å². The normalized spacial score (nSPS) is 14.8. The van der Waals surface area contributed by atoms with Crippen LogP contribution in [0.4, 0.5) is 14.9 Å². The van der Waals surface area contributed by atoms with Gasteiger partial charge in [-0.25, -0.2) is 17.6 Å². The van der Waals surface area contributed by atoms with E-state index in [1.807, 2.05) is 18.2 Å². The van der Waals surface area contributed by atoms with Gasteiger partial charge < -0.3 is 15.5 Å². The number of nitrogens with one attached hydrogen (secondary N) is 2. The SMILES string of the molecule is CCN(CC)S(=O)(=O)c1ccc(F)c(C(=O)NC2CCN(C(=O)Nc3ccccc3)CC2)c1. The summed E-state index contributed by atoms with van der Waals surface area (Å²) in [6.07, 6.45) is 1.01. The Bertz CT molecular complexity index is 1080. The lowest BCUT2D eigenvalue weighted by atomic mass is 10.0. The zero-order chi connectivity index (χ0) is 24.0. The fourth-order valence-corrected chi connectivity index (χ4v) is 5.25. The van der Waals surface area contributed by atoms with Crippen LogP contribution in [0.1, 0.15) is 37.0 Å². The minimum Gasteiger partial charge on any atom is -0.349 e. The second-order valence-electron chi connectivity index (χ2n) is 7.76. The molecule has 2 N–H and O–H groups in total. The van der Waals surface area contributed by atoms with Crippen LogP contribution in [0.5, 0.6) is 0 Å². The van der Waals surface area contributed by atoms with Gasteiger partial charge in [-0.15, -0.1) is 0 Å². The number of nitrogens with zero attached hydrogens (tertiary/aromatic N) is 2. The van der Waals surface area contributed by atoms with Crippen LogP contribution in [0.15, 0.2) is 53.4 Å². The Morgan fingerprint density at radius 2 is 1.70 bits per heavy atom. The van der Waals surface area contributed by atoms with E-state index in [9.17, 15) is 22.4 Å². The highest BCUT2D eigenvalue weighted by molar-refractivity contribution is 7.89. The highest BCUT2D eigenvalue weighted by Gasteiger charge is 2.27. The Labute approximate surface area is 193 Å². The number of para-hydroxylation sites is 1. The fourth-order valence-electron chi connectivity index (χ4n) is 3.77. The third-order valence-corrected chi connectivity index (χ3v) is 7.71. The molecule has 3 rings (SSSR count). The van der Waals surface area contributed by atoms with Gasteiger partial charge in [0.05, 0.1) is 10.5 Å². The quantitative estimate of drug-likeness (QED) is 0.641. The van der Waals surface area contributed by atoms with E-state index in [2.05, 4.69) is 10.6 Å². The Morgan fingerprint density at radius 1 is 1.06 bits per heavy atom. The van der Waals surface area contributed by atoms with Crippen LogP contribution in [0, 0.1) is 5.82 Å². The number of carbonyl (C=O) groups is 2. The van der Waals surface area contributed by atoms with E-state index in [1.54, 1.807) is 30.9 Å². The van der Waals surface area contributed by atoms with Gasteiger partial charge in [-0.3, -0.25) is 4.79 Å². The summed E-state index contributed by atoms with van der Waals surface area (Å²) in [6, 6.07) is 11.9. The highest BCUT2D eigenvalue weighted by atomic mass is 32.2. The van der Waals surface area contributed by atoms with E-state index in [4.69, 9.17) is 0 Å². The molecule has 1 heterocycles. The number of sulfonamides is 1. The molecule has 2 aromatic carbocycles. The van der Waals surface area contributed by atoms with Gasteiger partial charge in [-0.05, 0) is 43.2 Å². The minimum absolute atomic E-state index is 0.120. The summed E-state index contributed by atoms with van der Waals surface area (Å²) in [5, 5.41) is 5.60. The molecule has 0 aromatic heterocycles. The molecule has 3 amide bonds. The number of rotatable bonds is 7. The molecule has 2 aromatic rings. The molecule has 0 aliphatic carbocycles. The minimum atomic E-state index is -3.81. The summed E-state index contributed by atoms with van der Waals surface area (Å²) in [5.74, 6) is -1.46. The number of hydrogen-bond acceptors (Lipinski definition) is 4. The fraction of sp³-hybridized carbons (Fsp3) is 0.391. The van der Waals surface area contributed by atoms with Crippen molar-refractivity contribution in [1.29, 1.82) is 0 Å². The van der Waals surface area contributed by atoms with Gasteiger partial charge in [-0.2, -0.15) is 4.31 Å². The first-order chi connectivity index (χ1) is 15.8. The van der Waals surface area contributed by atoms with Crippen molar-refractivity contribution in [3.8, 4) is 0 Å². The number of likely N-dealkylation sites (tertiary alicyclic amines) is 1. The number of urea groups is 1. The summed E-state index contributed by atoms with van der Waals surface area (Å²) < 4.78 is 41.1. The number of anilines is 1. The van der Waals surface area contributed by atoms with Crippen molar-refractivity contribution in [3.63, 3.8) is 0 Å².